The summed E-state index contributed by atoms with van der Waals surface area (Å²) in [5.74, 6) is 0.263. The summed E-state index contributed by atoms with van der Waals surface area (Å²) >= 11 is 0. The molecule has 1 aliphatic carbocycles. The Morgan fingerprint density at radius 1 is 1.12 bits per heavy atom. The molecular weight excluding hydrogens is 324 g/mol. The van der Waals surface area contributed by atoms with Crippen LogP contribution in [0.15, 0.2) is 18.2 Å². The number of carbonyl (C=O) groups excluding carboxylic acids is 1. The molecule has 2 aliphatic rings. The number of rotatable bonds is 4. The first-order chi connectivity index (χ1) is 11.3. The van der Waals surface area contributed by atoms with E-state index in [0.29, 0.717) is 18.8 Å². The predicted octanol–water partition coefficient (Wildman–Crippen LogP) is 2.47. The third-order valence-corrected chi connectivity index (χ3v) is 7.64. The smallest absolute Gasteiger partial charge is 0.241 e. The van der Waals surface area contributed by atoms with E-state index in [9.17, 15) is 13.2 Å². The Bertz CT molecular complexity index is 733. The maximum absolute atomic E-state index is 12.8. The third kappa shape index (κ3) is 3.04. The highest BCUT2D eigenvalue weighted by atomic mass is 32.2. The van der Waals surface area contributed by atoms with Crippen molar-refractivity contribution in [3.63, 3.8) is 0 Å². The van der Waals surface area contributed by atoms with Gasteiger partial charge in [-0.25, -0.2) is 8.42 Å². The van der Waals surface area contributed by atoms with Gasteiger partial charge in [0.2, 0.25) is 15.9 Å². The van der Waals surface area contributed by atoms with Gasteiger partial charge in [-0.2, -0.15) is 0 Å². The maximum Gasteiger partial charge on any atom is 0.241 e. The van der Waals surface area contributed by atoms with Crippen LogP contribution in [0.5, 0.6) is 0 Å². The summed E-state index contributed by atoms with van der Waals surface area (Å²) in [6.45, 7) is 4.64. The highest BCUT2D eigenvalue weighted by Gasteiger charge is 2.43. The van der Waals surface area contributed by atoms with E-state index in [-0.39, 0.29) is 11.8 Å². The molecule has 0 N–H and O–H groups in total. The van der Waals surface area contributed by atoms with E-state index < -0.39 is 15.3 Å². The minimum Gasteiger partial charge on any atom is -0.340 e. The van der Waals surface area contributed by atoms with Crippen LogP contribution in [0, 0.1) is 19.8 Å². The summed E-state index contributed by atoms with van der Waals surface area (Å²) in [6, 6.07) is 5.67. The average molecular weight is 350 g/mol. The van der Waals surface area contributed by atoms with Gasteiger partial charge in [0.25, 0.3) is 0 Å². The van der Waals surface area contributed by atoms with E-state index in [4.69, 9.17) is 0 Å². The molecular formula is C18H26N2O3S. The standard InChI is InChI=1S/C18H26N2O3S/c1-13-8-9-16(10-14(13)2)19(3)24(22,23)17-11-20(12-17)18(21)15-6-4-5-7-15/h8-10,15,17H,4-7,11-12H2,1-3H3. The molecule has 0 bridgehead atoms. The summed E-state index contributed by atoms with van der Waals surface area (Å²) in [6.07, 6.45) is 4.13. The van der Waals surface area contributed by atoms with Crippen molar-refractivity contribution < 1.29 is 13.2 Å². The number of aryl methyl sites for hydroxylation is 2. The zero-order valence-corrected chi connectivity index (χ0v) is 15.5. The molecule has 24 heavy (non-hydrogen) atoms. The second-order valence-electron chi connectivity index (χ2n) is 7.13. The second-order valence-corrected chi connectivity index (χ2v) is 9.37. The van der Waals surface area contributed by atoms with Crippen LogP contribution in [-0.2, 0) is 14.8 Å². The van der Waals surface area contributed by atoms with Crippen LogP contribution in [0.4, 0.5) is 5.69 Å². The van der Waals surface area contributed by atoms with Gasteiger partial charge in [-0.3, -0.25) is 9.10 Å². The summed E-state index contributed by atoms with van der Waals surface area (Å²) in [5.41, 5.74) is 2.89. The number of anilines is 1. The zero-order valence-electron chi connectivity index (χ0n) is 14.7. The molecule has 2 fully saturated rings. The van der Waals surface area contributed by atoms with E-state index in [1.807, 2.05) is 32.0 Å². The predicted molar refractivity (Wildman–Crippen MR) is 95.6 cm³/mol. The number of benzene rings is 1. The SMILES string of the molecule is Cc1ccc(N(C)S(=O)(=O)C2CN(C(=O)C3CCCC3)C2)cc1C. The van der Waals surface area contributed by atoms with E-state index in [1.54, 1.807) is 11.9 Å². The Morgan fingerprint density at radius 3 is 2.33 bits per heavy atom. The van der Waals surface area contributed by atoms with Crippen LogP contribution in [0.2, 0.25) is 0 Å². The second kappa shape index (κ2) is 6.39. The van der Waals surface area contributed by atoms with Gasteiger partial charge in [-0.15, -0.1) is 0 Å². The summed E-state index contributed by atoms with van der Waals surface area (Å²) in [7, 11) is -1.84. The number of nitrogens with zero attached hydrogens (tertiary/aromatic N) is 2. The lowest BCUT2D eigenvalue weighted by atomic mass is 10.0. The molecule has 1 aliphatic heterocycles. The van der Waals surface area contributed by atoms with Crippen molar-refractivity contribution in [1.82, 2.24) is 4.90 Å². The largest absolute Gasteiger partial charge is 0.340 e. The lowest BCUT2D eigenvalue weighted by molar-refractivity contribution is -0.138. The van der Waals surface area contributed by atoms with Gasteiger partial charge in [-0.05, 0) is 49.9 Å². The van der Waals surface area contributed by atoms with Gasteiger partial charge in [0.15, 0.2) is 0 Å². The minimum atomic E-state index is -3.44. The third-order valence-electron chi connectivity index (χ3n) is 5.52. The summed E-state index contributed by atoms with van der Waals surface area (Å²) in [4.78, 5) is 14.1. The first kappa shape index (κ1) is 17.3. The van der Waals surface area contributed by atoms with Crippen LogP contribution in [0.1, 0.15) is 36.8 Å². The van der Waals surface area contributed by atoms with Gasteiger partial charge in [-0.1, -0.05) is 18.9 Å². The topological polar surface area (TPSA) is 57.7 Å². The molecule has 1 saturated carbocycles. The molecule has 0 aromatic heterocycles. The van der Waals surface area contributed by atoms with Gasteiger partial charge in [0.1, 0.15) is 5.25 Å². The molecule has 0 radical (unpaired) electrons. The van der Waals surface area contributed by atoms with Crippen molar-refractivity contribution in [2.75, 3.05) is 24.4 Å². The van der Waals surface area contributed by atoms with Gasteiger partial charge >= 0.3 is 0 Å². The van der Waals surface area contributed by atoms with Crippen molar-refractivity contribution in [2.24, 2.45) is 5.92 Å². The van der Waals surface area contributed by atoms with Crippen LogP contribution in [-0.4, -0.2) is 44.6 Å². The zero-order chi connectivity index (χ0) is 17.5. The van der Waals surface area contributed by atoms with Crippen molar-refractivity contribution in [2.45, 2.75) is 44.8 Å². The fraction of sp³-hybridized carbons (Fsp3) is 0.611. The number of carbonyl (C=O) groups is 1. The Hall–Kier alpha value is -1.56. The number of amides is 1. The molecule has 3 rings (SSSR count). The molecule has 1 saturated heterocycles. The Morgan fingerprint density at radius 2 is 1.75 bits per heavy atom. The summed E-state index contributed by atoms with van der Waals surface area (Å²) in [5, 5.41) is -0.491. The fourth-order valence-corrected chi connectivity index (χ4v) is 5.12. The van der Waals surface area contributed by atoms with Crippen LogP contribution >= 0.6 is 0 Å². The van der Waals surface area contributed by atoms with Crippen molar-refractivity contribution in [3.05, 3.63) is 29.3 Å². The highest BCUT2D eigenvalue weighted by Crippen LogP contribution is 2.31. The lowest BCUT2D eigenvalue weighted by Gasteiger charge is -2.41. The summed E-state index contributed by atoms with van der Waals surface area (Å²) < 4.78 is 26.9. The van der Waals surface area contributed by atoms with E-state index >= 15 is 0 Å². The van der Waals surface area contributed by atoms with E-state index in [0.717, 1.165) is 36.8 Å². The molecule has 0 spiro atoms. The molecule has 132 valence electrons. The first-order valence-corrected chi connectivity index (χ1v) is 10.1. The van der Waals surface area contributed by atoms with Gasteiger partial charge < -0.3 is 4.90 Å². The quantitative estimate of drug-likeness (QED) is 0.838. The number of likely N-dealkylation sites (tertiary alicyclic amines) is 1. The average Bonchev–Trinajstić information content (AvgIpc) is 3.01. The molecule has 0 unspecified atom stereocenters. The van der Waals surface area contributed by atoms with E-state index in [1.165, 1.54) is 4.31 Å². The Labute approximate surface area is 144 Å². The normalized spacial score (nSPS) is 19.4. The first-order valence-electron chi connectivity index (χ1n) is 8.64. The molecule has 0 atom stereocenters. The molecule has 1 heterocycles. The number of hydrogen-bond donors (Lipinski definition) is 0. The fourth-order valence-electron chi connectivity index (χ4n) is 3.53. The van der Waals surface area contributed by atoms with Crippen molar-refractivity contribution >= 4 is 21.6 Å². The minimum absolute atomic E-state index is 0.117. The van der Waals surface area contributed by atoms with Crippen molar-refractivity contribution in [1.29, 1.82) is 0 Å². The highest BCUT2D eigenvalue weighted by molar-refractivity contribution is 7.93. The van der Waals surface area contributed by atoms with Crippen LogP contribution in [0.3, 0.4) is 0 Å². The number of sulfonamides is 1. The van der Waals surface area contributed by atoms with Gasteiger partial charge in [0.05, 0.1) is 5.69 Å². The molecule has 1 aromatic rings. The molecule has 6 heteroatoms. The number of hydrogen-bond acceptors (Lipinski definition) is 3. The molecule has 1 amide bonds. The Kier molecular flexibility index (Phi) is 4.60. The molecule has 5 nitrogen and oxygen atoms in total. The maximum atomic E-state index is 12.8. The Balaban J connectivity index is 1.66. The van der Waals surface area contributed by atoms with Crippen molar-refractivity contribution in [3.8, 4) is 0 Å². The lowest BCUT2D eigenvalue weighted by Crippen LogP contribution is -2.60. The van der Waals surface area contributed by atoms with Crippen LogP contribution < -0.4 is 4.31 Å². The van der Waals surface area contributed by atoms with E-state index in [2.05, 4.69) is 0 Å². The van der Waals surface area contributed by atoms with Crippen LogP contribution in [0.25, 0.3) is 0 Å². The van der Waals surface area contributed by atoms with Gasteiger partial charge in [0, 0.05) is 26.1 Å². The molecule has 1 aromatic carbocycles. The monoisotopic (exact) mass is 350 g/mol.